The molecule has 0 radical (unpaired) electrons. The highest BCUT2D eigenvalue weighted by Crippen LogP contribution is 2.19. The number of halogens is 1. The molecule has 2 N–H and O–H groups in total. The number of benzene rings is 2. The number of anilines is 1. The average molecular weight is 391 g/mol. The standard InChI is InChI=1S/C18H19BrN2O3/c1-3-24-15-7-4-13(5-8-15)11-20-17(22)18(23)21-14-6-9-16(19)12(2)10-14/h4-10H,3,11H2,1-2H3,(H,20,22)(H,21,23). The molecule has 0 atom stereocenters. The zero-order valence-electron chi connectivity index (χ0n) is 13.6. The van der Waals surface area contributed by atoms with Crippen molar-refractivity contribution in [1.82, 2.24) is 5.32 Å². The molecule has 2 rings (SSSR count). The van der Waals surface area contributed by atoms with Gasteiger partial charge in [-0.1, -0.05) is 28.1 Å². The minimum Gasteiger partial charge on any atom is -0.494 e. The van der Waals surface area contributed by atoms with Gasteiger partial charge in [0, 0.05) is 16.7 Å². The Morgan fingerprint density at radius 1 is 1.08 bits per heavy atom. The van der Waals surface area contributed by atoms with Crippen molar-refractivity contribution in [3.8, 4) is 5.75 Å². The van der Waals surface area contributed by atoms with Crippen LogP contribution in [0.1, 0.15) is 18.1 Å². The summed E-state index contributed by atoms with van der Waals surface area (Å²) in [5.74, 6) is -0.594. The maximum Gasteiger partial charge on any atom is 0.313 e. The summed E-state index contributed by atoms with van der Waals surface area (Å²) in [6.45, 7) is 4.70. The van der Waals surface area contributed by atoms with Gasteiger partial charge in [-0.2, -0.15) is 0 Å². The summed E-state index contributed by atoms with van der Waals surface area (Å²) in [6, 6.07) is 12.7. The van der Waals surface area contributed by atoms with E-state index in [1.165, 1.54) is 0 Å². The number of hydrogen-bond donors (Lipinski definition) is 2. The van der Waals surface area contributed by atoms with Crippen LogP contribution in [0.3, 0.4) is 0 Å². The van der Waals surface area contributed by atoms with Crippen LogP contribution in [0.5, 0.6) is 5.75 Å². The molecule has 2 aromatic rings. The van der Waals surface area contributed by atoms with E-state index in [-0.39, 0.29) is 6.54 Å². The largest absolute Gasteiger partial charge is 0.494 e. The fraction of sp³-hybridized carbons (Fsp3) is 0.222. The summed E-state index contributed by atoms with van der Waals surface area (Å²) in [5.41, 5.74) is 2.44. The van der Waals surface area contributed by atoms with Gasteiger partial charge in [0.05, 0.1) is 6.61 Å². The van der Waals surface area contributed by atoms with Crippen LogP contribution in [0.25, 0.3) is 0 Å². The molecule has 2 amide bonds. The van der Waals surface area contributed by atoms with Crippen molar-refractivity contribution in [3.05, 3.63) is 58.1 Å². The molecular formula is C18H19BrN2O3. The normalized spacial score (nSPS) is 10.1. The molecule has 0 saturated carbocycles. The SMILES string of the molecule is CCOc1ccc(CNC(=O)C(=O)Nc2ccc(Br)c(C)c2)cc1. The van der Waals surface area contributed by atoms with Crippen molar-refractivity contribution in [2.45, 2.75) is 20.4 Å². The van der Waals surface area contributed by atoms with Crippen LogP contribution in [0.15, 0.2) is 46.9 Å². The Morgan fingerprint density at radius 3 is 2.42 bits per heavy atom. The molecule has 0 spiro atoms. The average Bonchev–Trinajstić information content (AvgIpc) is 2.57. The van der Waals surface area contributed by atoms with Gasteiger partial charge in [0.1, 0.15) is 5.75 Å². The van der Waals surface area contributed by atoms with E-state index in [4.69, 9.17) is 4.74 Å². The zero-order chi connectivity index (χ0) is 17.5. The molecular weight excluding hydrogens is 372 g/mol. The molecule has 0 fully saturated rings. The quantitative estimate of drug-likeness (QED) is 0.768. The van der Waals surface area contributed by atoms with Gasteiger partial charge >= 0.3 is 11.8 Å². The van der Waals surface area contributed by atoms with Crippen LogP contribution in [-0.4, -0.2) is 18.4 Å². The van der Waals surface area contributed by atoms with Gasteiger partial charge in [0.25, 0.3) is 0 Å². The first-order valence-corrected chi connectivity index (χ1v) is 8.36. The predicted octanol–water partition coefficient (Wildman–Crippen LogP) is 3.41. The first-order chi connectivity index (χ1) is 11.5. The van der Waals surface area contributed by atoms with E-state index in [0.29, 0.717) is 12.3 Å². The van der Waals surface area contributed by atoms with E-state index in [1.807, 2.05) is 44.2 Å². The second-order valence-electron chi connectivity index (χ2n) is 5.18. The molecule has 0 heterocycles. The van der Waals surface area contributed by atoms with Crippen LogP contribution < -0.4 is 15.4 Å². The Labute approximate surface area is 149 Å². The molecule has 126 valence electrons. The smallest absolute Gasteiger partial charge is 0.313 e. The van der Waals surface area contributed by atoms with Crippen LogP contribution in [-0.2, 0) is 16.1 Å². The fourth-order valence-electron chi connectivity index (χ4n) is 2.04. The fourth-order valence-corrected chi connectivity index (χ4v) is 2.29. The first-order valence-electron chi connectivity index (χ1n) is 7.56. The lowest BCUT2D eigenvalue weighted by Gasteiger charge is -2.08. The minimum atomic E-state index is -0.692. The third-order valence-electron chi connectivity index (χ3n) is 3.31. The second kappa shape index (κ2) is 8.49. The number of hydrogen-bond acceptors (Lipinski definition) is 3. The van der Waals surface area contributed by atoms with Crippen molar-refractivity contribution in [2.24, 2.45) is 0 Å². The van der Waals surface area contributed by atoms with Crippen LogP contribution >= 0.6 is 15.9 Å². The third-order valence-corrected chi connectivity index (χ3v) is 4.20. The molecule has 24 heavy (non-hydrogen) atoms. The van der Waals surface area contributed by atoms with E-state index in [0.717, 1.165) is 21.3 Å². The van der Waals surface area contributed by atoms with Gasteiger partial charge in [-0.15, -0.1) is 0 Å². The molecule has 2 aromatic carbocycles. The van der Waals surface area contributed by atoms with Crippen molar-refractivity contribution in [1.29, 1.82) is 0 Å². The Kier molecular flexibility index (Phi) is 6.37. The maximum absolute atomic E-state index is 11.9. The highest BCUT2D eigenvalue weighted by atomic mass is 79.9. The highest BCUT2D eigenvalue weighted by Gasteiger charge is 2.13. The van der Waals surface area contributed by atoms with Crippen molar-refractivity contribution in [2.75, 3.05) is 11.9 Å². The lowest BCUT2D eigenvalue weighted by atomic mass is 10.2. The number of carbonyl (C=O) groups is 2. The Hall–Kier alpha value is -2.34. The van der Waals surface area contributed by atoms with Crippen LogP contribution in [0, 0.1) is 6.92 Å². The molecule has 0 aliphatic carbocycles. The van der Waals surface area contributed by atoms with Gasteiger partial charge in [0.15, 0.2) is 0 Å². The van der Waals surface area contributed by atoms with Gasteiger partial charge in [-0.3, -0.25) is 9.59 Å². The van der Waals surface area contributed by atoms with E-state index in [9.17, 15) is 9.59 Å². The van der Waals surface area contributed by atoms with E-state index in [1.54, 1.807) is 12.1 Å². The van der Waals surface area contributed by atoms with Gasteiger partial charge in [0.2, 0.25) is 0 Å². The van der Waals surface area contributed by atoms with Crippen LogP contribution in [0.4, 0.5) is 5.69 Å². The van der Waals surface area contributed by atoms with Crippen molar-refractivity contribution >= 4 is 33.4 Å². The highest BCUT2D eigenvalue weighted by molar-refractivity contribution is 9.10. The van der Waals surface area contributed by atoms with E-state index >= 15 is 0 Å². The maximum atomic E-state index is 11.9. The summed E-state index contributed by atoms with van der Waals surface area (Å²) >= 11 is 3.39. The van der Waals surface area contributed by atoms with Crippen molar-refractivity contribution < 1.29 is 14.3 Å². The molecule has 6 heteroatoms. The van der Waals surface area contributed by atoms with Gasteiger partial charge < -0.3 is 15.4 Å². The Balaban J connectivity index is 1.87. The number of amides is 2. The molecule has 0 saturated heterocycles. The summed E-state index contributed by atoms with van der Waals surface area (Å²) in [5, 5.41) is 5.18. The lowest BCUT2D eigenvalue weighted by molar-refractivity contribution is -0.136. The molecule has 0 unspecified atom stereocenters. The van der Waals surface area contributed by atoms with E-state index in [2.05, 4.69) is 26.6 Å². The topological polar surface area (TPSA) is 67.4 Å². The summed E-state index contributed by atoms with van der Waals surface area (Å²) in [7, 11) is 0. The summed E-state index contributed by atoms with van der Waals surface area (Å²) in [6.07, 6.45) is 0. The second-order valence-corrected chi connectivity index (χ2v) is 6.03. The van der Waals surface area contributed by atoms with E-state index < -0.39 is 11.8 Å². The molecule has 0 aliphatic rings. The Bertz CT molecular complexity index is 730. The summed E-state index contributed by atoms with van der Waals surface area (Å²) < 4.78 is 6.30. The minimum absolute atomic E-state index is 0.276. The van der Waals surface area contributed by atoms with Crippen LogP contribution in [0.2, 0.25) is 0 Å². The molecule has 0 aromatic heterocycles. The predicted molar refractivity (Wildman–Crippen MR) is 97.0 cm³/mol. The number of carbonyl (C=O) groups excluding carboxylic acids is 2. The van der Waals surface area contributed by atoms with Gasteiger partial charge in [-0.05, 0) is 55.3 Å². The molecule has 5 nitrogen and oxygen atoms in total. The number of rotatable bonds is 5. The third kappa shape index (κ3) is 5.09. The lowest BCUT2D eigenvalue weighted by Crippen LogP contribution is -2.34. The zero-order valence-corrected chi connectivity index (χ0v) is 15.1. The van der Waals surface area contributed by atoms with Crippen molar-refractivity contribution in [3.63, 3.8) is 0 Å². The first kappa shape index (κ1) is 18.0. The monoisotopic (exact) mass is 390 g/mol. The molecule has 0 aliphatic heterocycles. The number of ether oxygens (including phenoxy) is 1. The van der Waals surface area contributed by atoms with Gasteiger partial charge in [-0.25, -0.2) is 0 Å². The molecule has 0 bridgehead atoms. The number of nitrogens with one attached hydrogen (secondary N) is 2. The number of aryl methyl sites for hydroxylation is 1. The summed E-state index contributed by atoms with van der Waals surface area (Å²) in [4.78, 5) is 23.8. The Morgan fingerprint density at radius 2 is 1.79 bits per heavy atom.